The standard InChI is InChI=1S/C11H15N5OS/c1-6-5-18-10(12-6)14-8(17)7-13-9(16-15-7)11(2,3)4/h5H,1-4H3,(H,12,14,17)(H,13,15,16). The van der Waals surface area contributed by atoms with Crippen molar-refractivity contribution in [3.05, 3.63) is 22.7 Å². The Morgan fingerprint density at radius 2 is 2.11 bits per heavy atom. The van der Waals surface area contributed by atoms with Crippen molar-refractivity contribution >= 4 is 22.4 Å². The first-order valence-electron chi connectivity index (χ1n) is 5.52. The summed E-state index contributed by atoms with van der Waals surface area (Å²) in [5.41, 5.74) is 0.712. The molecule has 0 saturated carbocycles. The Labute approximate surface area is 109 Å². The van der Waals surface area contributed by atoms with E-state index < -0.39 is 0 Å². The van der Waals surface area contributed by atoms with Crippen molar-refractivity contribution in [1.29, 1.82) is 0 Å². The molecule has 1 amide bonds. The summed E-state index contributed by atoms with van der Waals surface area (Å²) in [5.74, 6) is 0.465. The molecule has 96 valence electrons. The fraction of sp³-hybridized carbons (Fsp3) is 0.455. The molecule has 0 bridgehead atoms. The SMILES string of the molecule is Cc1csc(NC(=O)c2n[nH]c(C(C)(C)C)n2)n1. The van der Waals surface area contributed by atoms with Crippen LogP contribution in [0.25, 0.3) is 0 Å². The average molecular weight is 265 g/mol. The highest BCUT2D eigenvalue weighted by atomic mass is 32.1. The van der Waals surface area contributed by atoms with E-state index in [-0.39, 0.29) is 17.1 Å². The lowest BCUT2D eigenvalue weighted by Crippen LogP contribution is -2.16. The van der Waals surface area contributed by atoms with Crippen LogP contribution in [0.1, 0.15) is 42.9 Å². The second-order valence-electron chi connectivity index (χ2n) is 5.01. The summed E-state index contributed by atoms with van der Waals surface area (Å²) in [4.78, 5) is 20.2. The van der Waals surface area contributed by atoms with Gasteiger partial charge in [-0.25, -0.2) is 9.97 Å². The molecule has 0 aliphatic rings. The van der Waals surface area contributed by atoms with Gasteiger partial charge in [0.25, 0.3) is 5.91 Å². The first kappa shape index (κ1) is 12.7. The van der Waals surface area contributed by atoms with Gasteiger partial charge in [0.1, 0.15) is 5.82 Å². The quantitative estimate of drug-likeness (QED) is 0.871. The number of anilines is 1. The zero-order chi connectivity index (χ0) is 13.3. The highest BCUT2D eigenvalue weighted by Crippen LogP contribution is 2.18. The molecule has 2 aromatic heterocycles. The molecule has 7 heteroatoms. The molecule has 18 heavy (non-hydrogen) atoms. The van der Waals surface area contributed by atoms with Gasteiger partial charge in [-0.15, -0.1) is 16.4 Å². The van der Waals surface area contributed by atoms with Crippen LogP contribution in [0.4, 0.5) is 5.13 Å². The molecular formula is C11H15N5OS. The fourth-order valence-corrected chi connectivity index (χ4v) is 1.95. The maximum Gasteiger partial charge on any atom is 0.297 e. The van der Waals surface area contributed by atoms with Crippen LogP contribution in [0.2, 0.25) is 0 Å². The molecule has 0 radical (unpaired) electrons. The summed E-state index contributed by atoms with van der Waals surface area (Å²) in [5, 5.41) is 11.8. The minimum atomic E-state index is -0.351. The van der Waals surface area contributed by atoms with Gasteiger partial charge in [-0.05, 0) is 6.92 Å². The van der Waals surface area contributed by atoms with E-state index in [0.717, 1.165) is 5.69 Å². The van der Waals surface area contributed by atoms with Gasteiger partial charge >= 0.3 is 0 Å². The second kappa shape index (κ2) is 4.49. The number of aromatic amines is 1. The molecule has 2 heterocycles. The van der Waals surface area contributed by atoms with E-state index in [9.17, 15) is 4.79 Å². The van der Waals surface area contributed by atoms with Crippen LogP contribution in [0.5, 0.6) is 0 Å². The molecule has 0 aromatic carbocycles. The summed E-state index contributed by atoms with van der Waals surface area (Å²) in [6.07, 6.45) is 0. The molecule has 0 unspecified atom stereocenters. The number of aromatic nitrogens is 4. The Kier molecular flexibility index (Phi) is 3.16. The van der Waals surface area contributed by atoms with Gasteiger partial charge in [-0.3, -0.25) is 15.2 Å². The molecule has 2 N–H and O–H groups in total. The van der Waals surface area contributed by atoms with Gasteiger partial charge < -0.3 is 0 Å². The Balaban J connectivity index is 2.12. The van der Waals surface area contributed by atoms with Crippen LogP contribution in [0.15, 0.2) is 5.38 Å². The van der Waals surface area contributed by atoms with Crippen molar-refractivity contribution in [2.75, 3.05) is 5.32 Å². The maximum absolute atomic E-state index is 11.9. The topological polar surface area (TPSA) is 83.6 Å². The number of hydrogen-bond donors (Lipinski definition) is 2. The third-order valence-corrected chi connectivity index (χ3v) is 3.11. The van der Waals surface area contributed by atoms with Crippen molar-refractivity contribution in [1.82, 2.24) is 20.2 Å². The first-order valence-corrected chi connectivity index (χ1v) is 6.40. The molecular weight excluding hydrogens is 250 g/mol. The van der Waals surface area contributed by atoms with Gasteiger partial charge in [0.05, 0.1) is 5.69 Å². The van der Waals surface area contributed by atoms with Gasteiger partial charge in [0.2, 0.25) is 5.82 Å². The molecule has 0 aliphatic carbocycles. The number of nitrogens with one attached hydrogen (secondary N) is 2. The molecule has 0 fully saturated rings. The van der Waals surface area contributed by atoms with Crippen molar-refractivity contribution < 1.29 is 4.79 Å². The van der Waals surface area contributed by atoms with E-state index in [1.165, 1.54) is 11.3 Å². The van der Waals surface area contributed by atoms with Gasteiger partial charge in [0, 0.05) is 10.8 Å². The predicted molar refractivity (Wildman–Crippen MR) is 69.9 cm³/mol. The van der Waals surface area contributed by atoms with E-state index in [2.05, 4.69) is 25.5 Å². The average Bonchev–Trinajstić information content (AvgIpc) is 2.85. The fourth-order valence-electron chi connectivity index (χ4n) is 1.26. The number of amides is 1. The Morgan fingerprint density at radius 3 is 2.61 bits per heavy atom. The molecule has 0 saturated heterocycles. The highest BCUT2D eigenvalue weighted by molar-refractivity contribution is 7.13. The number of nitrogens with zero attached hydrogens (tertiary/aromatic N) is 3. The lowest BCUT2D eigenvalue weighted by Gasteiger charge is -2.12. The van der Waals surface area contributed by atoms with E-state index in [0.29, 0.717) is 11.0 Å². The van der Waals surface area contributed by atoms with Crippen LogP contribution in [0.3, 0.4) is 0 Å². The normalized spacial score (nSPS) is 11.6. The lowest BCUT2D eigenvalue weighted by molar-refractivity contribution is 0.101. The summed E-state index contributed by atoms with van der Waals surface area (Å²) >= 11 is 1.38. The smallest absolute Gasteiger partial charge is 0.295 e. The highest BCUT2D eigenvalue weighted by Gasteiger charge is 2.21. The largest absolute Gasteiger partial charge is 0.297 e. The van der Waals surface area contributed by atoms with Gasteiger partial charge in [-0.1, -0.05) is 20.8 Å². The minimum absolute atomic E-state index is 0.132. The van der Waals surface area contributed by atoms with Gasteiger partial charge in [-0.2, -0.15) is 0 Å². The molecule has 0 aliphatic heterocycles. The third-order valence-electron chi connectivity index (χ3n) is 2.24. The number of carbonyl (C=O) groups excluding carboxylic acids is 1. The Bertz CT molecular complexity index is 566. The first-order chi connectivity index (χ1) is 8.36. The van der Waals surface area contributed by atoms with E-state index >= 15 is 0 Å². The molecule has 2 rings (SSSR count). The summed E-state index contributed by atoms with van der Waals surface area (Å²) in [7, 11) is 0. The van der Waals surface area contributed by atoms with Crippen LogP contribution in [0, 0.1) is 6.92 Å². The van der Waals surface area contributed by atoms with E-state index in [1.807, 2.05) is 33.1 Å². The molecule has 0 atom stereocenters. The van der Waals surface area contributed by atoms with Gasteiger partial charge in [0.15, 0.2) is 5.13 Å². The number of hydrogen-bond acceptors (Lipinski definition) is 5. The predicted octanol–water partition coefficient (Wildman–Crippen LogP) is 2.12. The number of thiazole rings is 1. The third kappa shape index (κ3) is 2.73. The van der Waals surface area contributed by atoms with Crippen LogP contribution >= 0.6 is 11.3 Å². The zero-order valence-electron chi connectivity index (χ0n) is 10.7. The van der Waals surface area contributed by atoms with Crippen molar-refractivity contribution in [2.24, 2.45) is 0 Å². The monoisotopic (exact) mass is 265 g/mol. The Morgan fingerprint density at radius 1 is 1.39 bits per heavy atom. The number of H-pyrrole nitrogens is 1. The van der Waals surface area contributed by atoms with Crippen LogP contribution in [-0.2, 0) is 5.41 Å². The van der Waals surface area contributed by atoms with Crippen molar-refractivity contribution in [2.45, 2.75) is 33.1 Å². The zero-order valence-corrected chi connectivity index (χ0v) is 11.6. The minimum Gasteiger partial charge on any atom is -0.295 e. The molecule has 6 nitrogen and oxygen atoms in total. The Hall–Kier alpha value is -1.76. The van der Waals surface area contributed by atoms with Crippen LogP contribution < -0.4 is 5.32 Å². The summed E-state index contributed by atoms with van der Waals surface area (Å²) in [6.45, 7) is 7.87. The number of carbonyl (C=O) groups is 1. The van der Waals surface area contributed by atoms with Crippen LogP contribution in [-0.4, -0.2) is 26.1 Å². The molecule has 2 aromatic rings. The number of rotatable bonds is 2. The maximum atomic E-state index is 11.9. The molecule has 0 spiro atoms. The van der Waals surface area contributed by atoms with E-state index in [4.69, 9.17) is 0 Å². The summed E-state index contributed by atoms with van der Waals surface area (Å²) < 4.78 is 0. The van der Waals surface area contributed by atoms with Crippen molar-refractivity contribution in [3.63, 3.8) is 0 Å². The second-order valence-corrected chi connectivity index (χ2v) is 5.86. The van der Waals surface area contributed by atoms with E-state index in [1.54, 1.807) is 0 Å². The summed E-state index contributed by atoms with van der Waals surface area (Å²) in [6, 6.07) is 0. The van der Waals surface area contributed by atoms with Crippen molar-refractivity contribution in [3.8, 4) is 0 Å². The lowest BCUT2D eigenvalue weighted by atomic mass is 9.96. The number of aryl methyl sites for hydroxylation is 1.